The molecule has 1 amide bonds. The summed E-state index contributed by atoms with van der Waals surface area (Å²) < 4.78 is 9.75. The molecular formula is C20H19N3O2S2. The van der Waals surface area contributed by atoms with Gasteiger partial charge in [-0.2, -0.15) is 4.99 Å². The molecule has 0 saturated heterocycles. The van der Waals surface area contributed by atoms with Gasteiger partial charge in [0.1, 0.15) is 11.3 Å². The Balaban J connectivity index is 1.89. The lowest BCUT2D eigenvalue weighted by molar-refractivity contribution is 0.0998. The number of hydrogen-bond acceptors (Lipinski definition) is 5. The van der Waals surface area contributed by atoms with E-state index in [4.69, 9.17) is 4.74 Å². The number of nitrogens with zero attached hydrogens (tertiary/aromatic N) is 3. The van der Waals surface area contributed by atoms with Crippen molar-refractivity contribution in [3.63, 3.8) is 0 Å². The van der Waals surface area contributed by atoms with Gasteiger partial charge in [-0.3, -0.25) is 4.79 Å². The normalized spacial score (nSPS) is 12.2. The van der Waals surface area contributed by atoms with Gasteiger partial charge in [0.05, 0.1) is 27.5 Å². The van der Waals surface area contributed by atoms with E-state index < -0.39 is 0 Å². The Morgan fingerprint density at radius 1 is 1.30 bits per heavy atom. The van der Waals surface area contributed by atoms with Crippen LogP contribution in [-0.2, 0) is 6.54 Å². The molecule has 0 bridgehead atoms. The van der Waals surface area contributed by atoms with Crippen LogP contribution in [0.1, 0.15) is 29.3 Å². The van der Waals surface area contributed by atoms with E-state index in [9.17, 15) is 4.79 Å². The van der Waals surface area contributed by atoms with Crippen LogP contribution < -0.4 is 9.54 Å². The molecule has 4 rings (SSSR count). The second kappa shape index (κ2) is 7.25. The second-order valence-corrected chi connectivity index (χ2v) is 8.11. The molecule has 2 aromatic carbocycles. The van der Waals surface area contributed by atoms with Crippen LogP contribution in [0.2, 0.25) is 0 Å². The average Bonchev–Trinajstić information content (AvgIpc) is 3.28. The summed E-state index contributed by atoms with van der Waals surface area (Å²) in [5.74, 6) is 0.568. The average molecular weight is 398 g/mol. The molecule has 0 fully saturated rings. The van der Waals surface area contributed by atoms with Crippen molar-refractivity contribution in [2.75, 3.05) is 7.11 Å². The highest BCUT2D eigenvalue weighted by molar-refractivity contribution is 7.17. The number of methoxy groups -OCH3 is 1. The van der Waals surface area contributed by atoms with Crippen molar-refractivity contribution < 1.29 is 9.53 Å². The fraction of sp³-hybridized carbons (Fsp3) is 0.250. The molecule has 0 N–H and O–H groups in total. The van der Waals surface area contributed by atoms with E-state index in [1.54, 1.807) is 18.7 Å². The molecule has 5 nitrogen and oxygen atoms in total. The van der Waals surface area contributed by atoms with Gasteiger partial charge in [0.25, 0.3) is 5.91 Å². The van der Waals surface area contributed by atoms with Crippen LogP contribution in [0.3, 0.4) is 0 Å². The number of amides is 1. The Kier molecular flexibility index (Phi) is 4.80. The first-order valence-corrected chi connectivity index (χ1v) is 10.4. The van der Waals surface area contributed by atoms with Crippen LogP contribution in [0.4, 0.5) is 0 Å². The number of ether oxygens (including phenoxy) is 1. The van der Waals surface area contributed by atoms with Crippen molar-refractivity contribution in [2.24, 2.45) is 4.99 Å². The van der Waals surface area contributed by atoms with Gasteiger partial charge in [0.2, 0.25) is 0 Å². The lowest BCUT2D eigenvalue weighted by atomic mass is 10.2. The number of rotatable bonds is 4. The number of carbonyl (C=O) groups is 1. The molecule has 0 radical (unpaired) electrons. The molecule has 0 atom stereocenters. The zero-order valence-electron chi connectivity index (χ0n) is 15.4. The maximum atomic E-state index is 12.8. The zero-order valence-corrected chi connectivity index (χ0v) is 17.0. The van der Waals surface area contributed by atoms with E-state index in [0.29, 0.717) is 10.4 Å². The standard InChI is InChI=1S/C20H19N3O2S2/c1-4-9-23-17-15(25-3)8-5-12(2)18(17)27-20(23)22-19(24)13-6-7-14-16(10-13)26-11-21-14/h5-8,10-11H,4,9H2,1-3H3. The molecular weight excluding hydrogens is 378 g/mol. The van der Waals surface area contributed by atoms with Crippen LogP contribution in [-0.4, -0.2) is 22.6 Å². The molecule has 138 valence electrons. The van der Waals surface area contributed by atoms with E-state index in [2.05, 4.69) is 28.4 Å². The third-order valence-corrected chi connectivity index (χ3v) is 6.43. The number of aromatic nitrogens is 2. The Bertz CT molecular complexity index is 1220. The molecule has 0 spiro atoms. The highest BCUT2D eigenvalue weighted by Gasteiger charge is 2.15. The number of thiazole rings is 2. The maximum absolute atomic E-state index is 12.8. The fourth-order valence-corrected chi connectivity index (χ4v) is 4.96. The van der Waals surface area contributed by atoms with Gasteiger partial charge in [0.15, 0.2) is 4.80 Å². The van der Waals surface area contributed by atoms with Gasteiger partial charge in [0, 0.05) is 12.1 Å². The molecule has 2 heterocycles. The summed E-state index contributed by atoms with van der Waals surface area (Å²) in [6.07, 6.45) is 0.942. The first-order chi connectivity index (χ1) is 13.1. The van der Waals surface area contributed by atoms with Crippen molar-refractivity contribution in [1.82, 2.24) is 9.55 Å². The van der Waals surface area contributed by atoms with E-state index in [0.717, 1.165) is 44.7 Å². The predicted octanol–water partition coefficient (Wildman–Crippen LogP) is 4.78. The summed E-state index contributed by atoms with van der Waals surface area (Å²) in [5, 5.41) is 0. The van der Waals surface area contributed by atoms with Crippen molar-refractivity contribution >= 4 is 49.0 Å². The van der Waals surface area contributed by atoms with Crippen molar-refractivity contribution in [3.05, 3.63) is 51.8 Å². The van der Waals surface area contributed by atoms with E-state index in [1.165, 1.54) is 22.7 Å². The van der Waals surface area contributed by atoms with Crippen molar-refractivity contribution in [1.29, 1.82) is 0 Å². The summed E-state index contributed by atoms with van der Waals surface area (Å²) in [5.41, 5.74) is 5.43. The van der Waals surface area contributed by atoms with Gasteiger partial charge < -0.3 is 9.30 Å². The highest BCUT2D eigenvalue weighted by Crippen LogP contribution is 2.30. The van der Waals surface area contributed by atoms with Gasteiger partial charge in [-0.05, 0) is 43.2 Å². The number of benzene rings is 2. The summed E-state index contributed by atoms with van der Waals surface area (Å²) in [6, 6.07) is 9.53. The summed E-state index contributed by atoms with van der Waals surface area (Å²) in [6.45, 7) is 4.96. The van der Waals surface area contributed by atoms with E-state index in [-0.39, 0.29) is 5.91 Å². The first-order valence-electron chi connectivity index (χ1n) is 8.71. The quantitative estimate of drug-likeness (QED) is 0.498. The summed E-state index contributed by atoms with van der Waals surface area (Å²) in [4.78, 5) is 22.3. The Morgan fingerprint density at radius 3 is 2.93 bits per heavy atom. The summed E-state index contributed by atoms with van der Waals surface area (Å²) >= 11 is 3.06. The molecule has 7 heteroatoms. The minimum atomic E-state index is -0.238. The largest absolute Gasteiger partial charge is 0.495 e. The second-order valence-electron chi connectivity index (χ2n) is 6.25. The Morgan fingerprint density at radius 2 is 2.15 bits per heavy atom. The van der Waals surface area contributed by atoms with Gasteiger partial charge in [-0.15, -0.1) is 11.3 Å². The lowest BCUT2D eigenvalue weighted by Crippen LogP contribution is -2.17. The van der Waals surface area contributed by atoms with Crippen LogP contribution in [0.15, 0.2) is 40.8 Å². The van der Waals surface area contributed by atoms with E-state index in [1.807, 2.05) is 24.3 Å². The first kappa shape index (κ1) is 17.9. The zero-order chi connectivity index (χ0) is 19.0. The SMILES string of the molecule is CCCn1c(=NC(=O)c2ccc3ncsc3c2)sc2c(C)ccc(OC)c21. The number of aryl methyl sites for hydroxylation is 2. The van der Waals surface area contributed by atoms with Crippen LogP contribution in [0, 0.1) is 6.92 Å². The van der Waals surface area contributed by atoms with Gasteiger partial charge >= 0.3 is 0 Å². The van der Waals surface area contributed by atoms with Gasteiger partial charge in [-0.1, -0.05) is 24.3 Å². The predicted molar refractivity (Wildman–Crippen MR) is 111 cm³/mol. The van der Waals surface area contributed by atoms with Gasteiger partial charge in [-0.25, -0.2) is 4.98 Å². The molecule has 2 aromatic heterocycles. The minimum Gasteiger partial charge on any atom is -0.495 e. The van der Waals surface area contributed by atoms with Crippen LogP contribution in [0.25, 0.3) is 20.4 Å². The Labute approximate surface area is 164 Å². The molecule has 0 aliphatic carbocycles. The topological polar surface area (TPSA) is 56.5 Å². The molecule has 0 aliphatic heterocycles. The molecule has 27 heavy (non-hydrogen) atoms. The number of fused-ring (bicyclic) bond motifs is 2. The fourth-order valence-electron chi connectivity index (χ4n) is 3.10. The Hall–Kier alpha value is -2.51. The maximum Gasteiger partial charge on any atom is 0.279 e. The smallest absolute Gasteiger partial charge is 0.279 e. The molecule has 0 aliphatic rings. The molecule has 0 unspecified atom stereocenters. The van der Waals surface area contributed by atoms with Crippen molar-refractivity contribution in [3.8, 4) is 5.75 Å². The lowest BCUT2D eigenvalue weighted by Gasteiger charge is -2.08. The highest BCUT2D eigenvalue weighted by atomic mass is 32.1. The van der Waals surface area contributed by atoms with Crippen LogP contribution in [0.5, 0.6) is 5.75 Å². The third kappa shape index (κ3) is 3.17. The van der Waals surface area contributed by atoms with E-state index >= 15 is 0 Å². The minimum absolute atomic E-state index is 0.238. The van der Waals surface area contributed by atoms with Crippen LogP contribution >= 0.6 is 22.7 Å². The monoisotopic (exact) mass is 397 g/mol. The molecule has 4 aromatic rings. The number of carbonyl (C=O) groups excluding carboxylic acids is 1. The number of hydrogen-bond donors (Lipinski definition) is 0. The van der Waals surface area contributed by atoms with Crippen molar-refractivity contribution in [2.45, 2.75) is 26.8 Å². The molecule has 0 saturated carbocycles. The third-order valence-electron chi connectivity index (χ3n) is 4.43. The summed E-state index contributed by atoms with van der Waals surface area (Å²) in [7, 11) is 1.67.